The number of piperidine rings is 1. The molecule has 5 heteroatoms. The topological polar surface area (TPSA) is 61.8 Å². The predicted molar refractivity (Wildman–Crippen MR) is 118 cm³/mol. The number of methoxy groups -OCH3 is 1. The minimum absolute atomic E-state index is 0.0646. The number of hydrogen-bond acceptors (Lipinski definition) is 4. The van der Waals surface area contributed by atoms with E-state index in [0.717, 1.165) is 43.8 Å². The smallest absolute Gasteiger partial charge is 0.251 e. The average Bonchev–Trinajstić information content (AvgIpc) is 2.72. The van der Waals surface area contributed by atoms with E-state index >= 15 is 0 Å². The van der Waals surface area contributed by atoms with Crippen LogP contribution in [0, 0.1) is 11.8 Å². The minimum Gasteiger partial charge on any atom is -0.497 e. The number of likely N-dealkylation sites (tertiary alicyclic amines) is 1. The van der Waals surface area contributed by atoms with Gasteiger partial charge in [-0.15, -0.1) is 0 Å². The molecule has 1 aliphatic heterocycles. The van der Waals surface area contributed by atoms with E-state index in [1.807, 2.05) is 24.3 Å². The molecule has 30 heavy (non-hydrogen) atoms. The van der Waals surface area contributed by atoms with E-state index < -0.39 is 5.60 Å². The number of carbonyl (C=O) groups is 1. The fourth-order valence-electron chi connectivity index (χ4n) is 3.54. The van der Waals surface area contributed by atoms with Crippen molar-refractivity contribution in [3.05, 3.63) is 65.2 Å². The van der Waals surface area contributed by atoms with Gasteiger partial charge in [-0.25, -0.2) is 0 Å². The zero-order valence-electron chi connectivity index (χ0n) is 17.9. The van der Waals surface area contributed by atoms with E-state index in [0.29, 0.717) is 5.56 Å². The summed E-state index contributed by atoms with van der Waals surface area (Å²) >= 11 is 0. The molecule has 0 unspecified atom stereocenters. The number of aliphatic hydroxyl groups is 1. The first-order chi connectivity index (χ1) is 14.3. The molecule has 1 atom stereocenters. The summed E-state index contributed by atoms with van der Waals surface area (Å²) in [5.41, 5.74) is 1.57. The fraction of sp³-hybridized carbons (Fsp3) is 0.400. The van der Waals surface area contributed by atoms with Crippen LogP contribution in [0.5, 0.6) is 5.75 Å². The Kier molecular flexibility index (Phi) is 7.15. The van der Waals surface area contributed by atoms with E-state index in [1.54, 1.807) is 33.1 Å². The van der Waals surface area contributed by atoms with Gasteiger partial charge in [0.1, 0.15) is 11.4 Å². The zero-order valence-corrected chi connectivity index (χ0v) is 17.9. The predicted octanol–water partition coefficient (Wildman–Crippen LogP) is 3.21. The molecule has 158 valence electrons. The van der Waals surface area contributed by atoms with Crippen molar-refractivity contribution in [3.8, 4) is 17.6 Å². The van der Waals surface area contributed by atoms with Gasteiger partial charge in [-0.05, 0) is 75.2 Å². The van der Waals surface area contributed by atoms with Crippen molar-refractivity contribution in [2.45, 2.75) is 44.9 Å². The standard InChI is InChI=1S/C25H30N2O3/c1-25(2,29)14-13-19-9-11-21(12-10-19)24(28)26-22-7-5-15-27(18-22)17-20-6-4-8-23(16-20)30-3/h4,6,8-12,16,22,29H,5,7,15,17-18H2,1-3H3,(H,26,28)/t22-/m1/s1. The van der Waals surface area contributed by atoms with Crippen molar-refractivity contribution in [3.63, 3.8) is 0 Å². The number of nitrogens with zero attached hydrogens (tertiary/aromatic N) is 1. The lowest BCUT2D eigenvalue weighted by Crippen LogP contribution is -2.47. The third-order valence-corrected chi connectivity index (χ3v) is 5.04. The number of hydrogen-bond donors (Lipinski definition) is 2. The van der Waals surface area contributed by atoms with Crippen LogP contribution in [0.1, 0.15) is 48.2 Å². The Hall–Kier alpha value is -2.81. The largest absolute Gasteiger partial charge is 0.497 e. The summed E-state index contributed by atoms with van der Waals surface area (Å²) in [6.45, 7) is 5.99. The second-order valence-electron chi connectivity index (χ2n) is 8.29. The molecule has 0 aliphatic carbocycles. The molecule has 0 saturated carbocycles. The van der Waals surface area contributed by atoms with Gasteiger partial charge >= 0.3 is 0 Å². The first-order valence-corrected chi connectivity index (χ1v) is 10.3. The highest BCUT2D eigenvalue weighted by atomic mass is 16.5. The van der Waals surface area contributed by atoms with E-state index in [-0.39, 0.29) is 11.9 Å². The van der Waals surface area contributed by atoms with Gasteiger partial charge in [0.25, 0.3) is 5.91 Å². The number of benzene rings is 2. The Balaban J connectivity index is 1.56. The minimum atomic E-state index is -1.03. The van der Waals surface area contributed by atoms with Gasteiger partial charge in [0.2, 0.25) is 0 Å². The van der Waals surface area contributed by atoms with Gasteiger partial charge in [0.05, 0.1) is 7.11 Å². The Morgan fingerprint density at radius 2 is 2.03 bits per heavy atom. The van der Waals surface area contributed by atoms with E-state index in [9.17, 15) is 9.90 Å². The van der Waals surface area contributed by atoms with E-state index in [4.69, 9.17) is 4.74 Å². The van der Waals surface area contributed by atoms with Crippen molar-refractivity contribution in [1.82, 2.24) is 10.2 Å². The Labute approximate surface area is 179 Å². The van der Waals surface area contributed by atoms with Crippen LogP contribution >= 0.6 is 0 Å². The lowest BCUT2D eigenvalue weighted by Gasteiger charge is -2.33. The van der Waals surface area contributed by atoms with Gasteiger partial charge in [-0.2, -0.15) is 0 Å². The highest BCUT2D eigenvalue weighted by molar-refractivity contribution is 5.94. The summed E-state index contributed by atoms with van der Waals surface area (Å²) in [4.78, 5) is 15.0. The lowest BCUT2D eigenvalue weighted by molar-refractivity contribution is 0.0900. The highest BCUT2D eigenvalue weighted by Crippen LogP contribution is 2.18. The number of nitrogens with one attached hydrogen (secondary N) is 1. The lowest BCUT2D eigenvalue weighted by atomic mass is 10.0. The third-order valence-electron chi connectivity index (χ3n) is 5.04. The van der Waals surface area contributed by atoms with Crippen LogP contribution < -0.4 is 10.1 Å². The maximum atomic E-state index is 12.7. The summed E-state index contributed by atoms with van der Waals surface area (Å²) in [5.74, 6) is 6.50. The molecule has 1 amide bonds. The molecular formula is C25H30N2O3. The molecule has 0 aromatic heterocycles. The molecule has 3 rings (SSSR count). The Morgan fingerprint density at radius 3 is 2.73 bits per heavy atom. The Morgan fingerprint density at radius 1 is 1.27 bits per heavy atom. The van der Waals surface area contributed by atoms with Crippen LogP contribution in [-0.4, -0.2) is 47.8 Å². The summed E-state index contributed by atoms with van der Waals surface area (Å²) in [5, 5.41) is 12.9. The van der Waals surface area contributed by atoms with E-state index in [2.05, 4.69) is 34.2 Å². The molecule has 1 saturated heterocycles. The SMILES string of the molecule is COc1cccc(CN2CCC[C@@H](NC(=O)c3ccc(C#CC(C)(C)O)cc3)C2)c1. The molecule has 2 aromatic carbocycles. The van der Waals surface area contributed by atoms with Crippen molar-refractivity contribution in [1.29, 1.82) is 0 Å². The summed E-state index contributed by atoms with van der Waals surface area (Å²) < 4.78 is 5.31. The number of carbonyl (C=O) groups excluding carboxylic acids is 1. The number of amides is 1. The second kappa shape index (κ2) is 9.80. The molecular weight excluding hydrogens is 376 g/mol. The maximum absolute atomic E-state index is 12.7. The molecule has 1 heterocycles. The quantitative estimate of drug-likeness (QED) is 0.749. The first-order valence-electron chi connectivity index (χ1n) is 10.3. The highest BCUT2D eigenvalue weighted by Gasteiger charge is 2.22. The summed E-state index contributed by atoms with van der Waals surface area (Å²) in [6, 6.07) is 15.4. The van der Waals surface area contributed by atoms with Gasteiger partial charge in [-0.1, -0.05) is 24.0 Å². The van der Waals surface area contributed by atoms with Crippen LogP contribution in [0.4, 0.5) is 0 Å². The molecule has 1 aliphatic rings. The van der Waals surface area contributed by atoms with Crippen LogP contribution in [0.3, 0.4) is 0 Å². The van der Waals surface area contributed by atoms with Crippen LogP contribution in [0.2, 0.25) is 0 Å². The monoisotopic (exact) mass is 406 g/mol. The molecule has 5 nitrogen and oxygen atoms in total. The average molecular weight is 407 g/mol. The molecule has 1 fully saturated rings. The molecule has 2 aromatic rings. The van der Waals surface area contributed by atoms with Gasteiger partial charge in [-0.3, -0.25) is 9.69 Å². The maximum Gasteiger partial charge on any atom is 0.251 e. The van der Waals surface area contributed by atoms with Crippen LogP contribution in [0.25, 0.3) is 0 Å². The van der Waals surface area contributed by atoms with E-state index in [1.165, 1.54) is 5.56 Å². The van der Waals surface area contributed by atoms with Gasteiger partial charge in [0, 0.05) is 30.3 Å². The molecule has 0 radical (unpaired) electrons. The summed E-state index contributed by atoms with van der Waals surface area (Å²) in [6.07, 6.45) is 2.04. The van der Waals surface area contributed by atoms with Crippen molar-refractivity contribution in [2.24, 2.45) is 0 Å². The number of rotatable bonds is 5. The molecule has 0 bridgehead atoms. The zero-order chi connectivity index (χ0) is 21.6. The Bertz CT molecular complexity index is 920. The molecule has 2 N–H and O–H groups in total. The van der Waals surface area contributed by atoms with Gasteiger partial charge < -0.3 is 15.2 Å². The number of ether oxygens (including phenoxy) is 1. The van der Waals surface area contributed by atoms with Crippen molar-refractivity contribution in [2.75, 3.05) is 20.2 Å². The van der Waals surface area contributed by atoms with Gasteiger partial charge in [0.15, 0.2) is 0 Å². The fourth-order valence-corrected chi connectivity index (χ4v) is 3.54. The second-order valence-corrected chi connectivity index (χ2v) is 8.29. The van der Waals surface area contributed by atoms with Crippen molar-refractivity contribution < 1.29 is 14.6 Å². The third kappa shape index (κ3) is 6.62. The first kappa shape index (κ1) is 21.9. The van der Waals surface area contributed by atoms with Crippen LogP contribution in [-0.2, 0) is 6.54 Å². The normalized spacial score (nSPS) is 17.0. The van der Waals surface area contributed by atoms with Crippen molar-refractivity contribution >= 4 is 5.91 Å². The van der Waals surface area contributed by atoms with Crippen LogP contribution in [0.15, 0.2) is 48.5 Å². The molecule has 0 spiro atoms. The summed E-state index contributed by atoms with van der Waals surface area (Å²) in [7, 11) is 1.68.